The van der Waals surface area contributed by atoms with Gasteiger partial charge in [0.2, 0.25) is 0 Å². The number of unbranched alkanes of at least 4 members (excludes halogenated alkanes) is 38. The van der Waals surface area contributed by atoms with Gasteiger partial charge in [0.15, 0.2) is 6.10 Å². The molecular weight excluding hydrogens is 972 g/mol. The van der Waals surface area contributed by atoms with E-state index in [0.29, 0.717) is 25.7 Å². The fraction of sp³-hybridized carbons (Fsp3) is 0.902. The second-order valence-corrected chi connectivity index (χ2v) is 23.3. The molecule has 13 nitrogen and oxygen atoms in total. The largest absolute Gasteiger partial charge is 0.472 e. The molecule has 0 aliphatic heterocycles. The minimum Gasteiger partial charge on any atom is -0.462 e. The molecule has 0 heterocycles. The number of ether oxygens (including phenoxy) is 2. The highest BCUT2D eigenvalue weighted by Crippen LogP contribution is 2.47. The molecule has 1 aliphatic rings. The third kappa shape index (κ3) is 42.0. The van der Waals surface area contributed by atoms with Crippen LogP contribution in [0.3, 0.4) is 0 Å². The zero-order chi connectivity index (χ0) is 54.9. The Bertz CT molecular complexity index is 1400. The lowest BCUT2D eigenvalue weighted by atomic mass is 9.85. The molecule has 8 atom stereocenters. The lowest BCUT2D eigenvalue weighted by Crippen LogP contribution is -2.64. The van der Waals surface area contributed by atoms with E-state index in [4.69, 9.17) is 18.5 Å². The number of aliphatic hydroxyl groups is 5. The zero-order valence-corrected chi connectivity index (χ0v) is 48.8. The lowest BCUT2D eigenvalue weighted by molar-refractivity contribution is -0.220. The summed E-state index contributed by atoms with van der Waals surface area (Å²) >= 11 is 0. The second kappa shape index (κ2) is 50.5. The van der Waals surface area contributed by atoms with Crippen molar-refractivity contribution >= 4 is 19.8 Å². The van der Waals surface area contributed by atoms with Gasteiger partial charge in [0.25, 0.3) is 0 Å². The Morgan fingerprint density at radius 2 is 0.680 bits per heavy atom. The molecule has 6 unspecified atom stereocenters. The van der Waals surface area contributed by atoms with Crippen molar-refractivity contribution < 1.29 is 63.1 Å². The molecule has 14 heteroatoms. The van der Waals surface area contributed by atoms with Gasteiger partial charge in [-0.2, -0.15) is 0 Å². The summed E-state index contributed by atoms with van der Waals surface area (Å²) in [5.74, 6) is -1.16. The summed E-state index contributed by atoms with van der Waals surface area (Å²) in [4.78, 5) is 36.0. The van der Waals surface area contributed by atoms with E-state index in [-0.39, 0.29) is 12.8 Å². The van der Waals surface area contributed by atoms with Crippen LogP contribution in [0.5, 0.6) is 0 Å². The van der Waals surface area contributed by atoms with Crippen LogP contribution in [0.1, 0.15) is 296 Å². The van der Waals surface area contributed by atoms with Crippen LogP contribution in [0.4, 0.5) is 0 Å². The Labute approximate surface area is 457 Å². The molecule has 1 aliphatic carbocycles. The highest BCUT2D eigenvalue weighted by atomic mass is 31.2. The van der Waals surface area contributed by atoms with Gasteiger partial charge in [-0.1, -0.05) is 256 Å². The highest BCUT2D eigenvalue weighted by molar-refractivity contribution is 7.47. The van der Waals surface area contributed by atoms with Gasteiger partial charge in [0.1, 0.15) is 43.2 Å². The molecular formula is C61H115O13P. The number of hydrogen-bond acceptors (Lipinski definition) is 12. The molecule has 75 heavy (non-hydrogen) atoms. The van der Waals surface area contributed by atoms with Crippen molar-refractivity contribution in [2.24, 2.45) is 0 Å². The summed E-state index contributed by atoms with van der Waals surface area (Å²) in [5, 5.41) is 50.4. The van der Waals surface area contributed by atoms with Gasteiger partial charge in [0, 0.05) is 12.8 Å². The maximum absolute atomic E-state index is 12.9. The summed E-state index contributed by atoms with van der Waals surface area (Å²) in [6.07, 6.45) is 48.3. The van der Waals surface area contributed by atoms with Gasteiger partial charge in [-0.3, -0.25) is 18.6 Å². The third-order valence-corrected chi connectivity index (χ3v) is 15.8. The predicted molar refractivity (Wildman–Crippen MR) is 304 cm³/mol. The summed E-state index contributed by atoms with van der Waals surface area (Å²) in [7, 11) is -5.14. The minimum atomic E-state index is -5.14. The van der Waals surface area contributed by atoms with E-state index in [0.717, 1.165) is 25.7 Å². The van der Waals surface area contributed by atoms with Crippen LogP contribution in [-0.4, -0.2) is 98.3 Å². The number of phosphoric ester groups is 1. The van der Waals surface area contributed by atoms with E-state index < -0.39 is 75.7 Å². The molecule has 1 rings (SSSR count). The number of aliphatic hydroxyl groups excluding tert-OH is 5. The molecule has 0 amide bonds. The minimum absolute atomic E-state index is 0.0473. The normalized spacial score (nSPS) is 20.3. The van der Waals surface area contributed by atoms with Crippen LogP contribution in [0.15, 0.2) is 24.3 Å². The maximum Gasteiger partial charge on any atom is 0.472 e. The maximum atomic E-state index is 12.9. The standard InChI is InChI=1S/C61H115O13P/c1-3-5-7-9-11-13-15-17-19-21-23-25-27-29-31-33-35-37-39-41-43-45-47-49-54(62)71-51-53(52-72-75(69,70)74-61-59(67)57(65)56(64)58(66)60(61)68)73-55(63)50-48-46-44-42-40-38-36-34-32-30-28-26-24-22-20-18-16-14-12-10-8-6-4-2/h41-44,53,56-61,64-68H,3-40,45-52H2,1-2H3,(H,69,70)/b43-41+,44-42+/t53-,56?,57-,58?,59?,60?,61?/m0/s1. The fourth-order valence-corrected chi connectivity index (χ4v) is 10.8. The topological polar surface area (TPSA) is 210 Å². The average Bonchev–Trinajstić information content (AvgIpc) is 3.39. The van der Waals surface area contributed by atoms with Gasteiger partial charge < -0.3 is 39.9 Å². The van der Waals surface area contributed by atoms with Crippen LogP contribution < -0.4 is 0 Å². The smallest absolute Gasteiger partial charge is 0.462 e. The summed E-state index contributed by atoms with van der Waals surface area (Å²) in [6.45, 7) is 3.33. The highest BCUT2D eigenvalue weighted by Gasteiger charge is 2.51. The summed E-state index contributed by atoms with van der Waals surface area (Å²) in [5.41, 5.74) is 0. The molecule has 0 saturated heterocycles. The second-order valence-electron chi connectivity index (χ2n) is 21.9. The first-order valence-electron chi connectivity index (χ1n) is 31.1. The van der Waals surface area contributed by atoms with Crippen molar-refractivity contribution in [1.82, 2.24) is 0 Å². The van der Waals surface area contributed by atoms with E-state index in [1.165, 1.54) is 218 Å². The number of phosphoric acid groups is 1. The van der Waals surface area contributed by atoms with Crippen LogP contribution in [-0.2, 0) is 32.7 Å². The van der Waals surface area contributed by atoms with Crippen molar-refractivity contribution in [2.45, 2.75) is 339 Å². The fourth-order valence-electron chi connectivity index (χ4n) is 9.83. The predicted octanol–water partition coefficient (Wildman–Crippen LogP) is 15.1. The molecule has 6 N–H and O–H groups in total. The molecule has 1 saturated carbocycles. The molecule has 0 aromatic rings. The zero-order valence-electron chi connectivity index (χ0n) is 47.9. The average molecular weight is 1090 g/mol. The molecule has 0 bridgehead atoms. The van der Waals surface area contributed by atoms with E-state index in [2.05, 4.69) is 38.2 Å². The Morgan fingerprint density at radius 3 is 1.01 bits per heavy atom. The van der Waals surface area contributed by atoms with E-state index in [9.17, 15) is 44.6 Å². The Kier molecular flexibility index (Phi) is 48.1. The molecule has 0 radical (unpaired) electrons. The van der Waals surface area contributed by atoms with Gasteiger partial charge in [-0.25, -0.2) is 4.57 Å². The monoisotopic (exact) mass is 1090 g/mol. The SMILES string of the molecule is CCCCCCCCCCCCCCCCCCCC/C=C/CCCC(=O)OC[C@@H](COP(=O)(O)OC1C(O)C(O)C(O)[C@H](O)C1O)OC(=O)CCC/C=C/CCCCCCCCCCCCCCCCCCCC. The van der Waals surface area contributed by atoms with Crippen molar-refractivity contribution in [2.75, 3.05) is 13.2 Å². The quantitative estimate of drug-likeness (QED) is 0.0145. The molecule has 0 aromatic carbocycles. The Hall–Kier alpha value is -1.67. The van der Waals surface area contributed by atoms with Crippen molar-refractivity contribution in [1.29, 1.82) is 0 Å². The number of carbonyl (C=O) groups excluding carboxylic acids is 2. The number of carbonyl (C=O) groups is 2. The molecule has 1 fully saturated rings. The number of allylic oxidation sites excluding steroid dienone is 4. The lowest BCUT2D eigenvalue weighted by Gasteiger charge is -2.41. The van der Waals surface area contributed by atoms with Crippen molar-refractivity contribution in [3.63, 3.8) is 0 Å². The van der Waals surface area contributed by atoms with Gasteiger partial charge >= 0.3 is 19.8 Å². The Balaban J connectivity index is 2.32. The molecule has 442 valence electrons. The first kappa shape index (κ1) is 71.3. The van der Waals surface area contributed by atoms with Crippen LogP contribution in [0, 0.1) is 0 Å². The first-order valence-corrected chi connectivity index (χ1v) is 32.6. The van der Waals surface area contributed by atoms with Crippen molar-refractivity contribution in [3.8, 4) is 0 Å². The van der Waals surface area contributed by atoms with Crippen LogP contribution in [0.2, 0.25) is 0 Å². The van der Waals surface area contributed by atoms with Gasteiger partial charge in [-0.05, 0) is 51.4 Å². The van der Waals surface area contributed by atoms with E-state index in [1.54, 1.807) is 0 Å². The summed E-state index contributed by atoms with van der Waals surface area (Å²) in [6, 6.07) is 0. The van der Waals surface area contributed by atoms with Crippen LogP contribution in [0.25, 0.3) is 0 Å². The van der Waals surface area contributed by atoms with Gasteiger partial charge in [-0.15, -0.1) is 0 Å². The number of hydrogen-bond donors (Lipinski definition) is 6. The number of rotatable bonds is 54. The number of esters is 2. The summed E-state index contributed by atoms with van der Waals surface area (Å²) < 4.78 is 33.7. The van der Waals surface area contributed by atoms with E-state index in [1.807, 2.05) is 0 Å². The third-order valence-electron chi connectivity index (χ3n) is 14.8. The van der Waals surface area contributed by atoms with Crippen LogP contribution >= 0.6 is 7.82 Å². The van der Waals surface area contributed by atoms with Gasteiger partial charge in [0.05, 0.1) is 6.61 Å². The first-order chi connectivity index (χ1) is 36.4. The molecule has 0 aromatic heterocycles. The van der Waals surface area contributed by atoms with E-state index >= 15 is 0 Å². The Morgan fingerprint density at radius 1 is 0.400 bits per heavy atom. The molecule has 0 spiro atoms. The van der Waals surface area contributed by atoms with Crippen molar-refractivity contribution in [3.05, 3.63) is 24.3 Å².